The molecule has 0 radical (unpaired) electrons. The Hall–Kier alpha value is -1.00. The van der Waals surface area contributed by atoms with Crippen LogP contribution in [-0.2, 0) is 9.53 Å². The van der Waals surface area contributed by atoms with Crippen molar-refractivity contribution in [3.63, 3.8) is 0 Å². The highest BCUT2D eigenvalue weighted by Gasteiger charge is 2.48. The van der Waals surface area contributed by atoms with Crippen LogP contribution in [0.15, 0.2) is 35.2 Å². The van der Waals surface area contributed by atoms with Crippen LogP contribution >= 0.6 is 11.8 Å². The van der Waals surface area contributed by atoms with Crippen molar-refractivity contribution >= 4 is 17.7 Å². The van der Waals surface area contributed by atoms with E-state index < -0.39 is 4.75 Å². The maximum Gasteiger partial charge on any atom is 0.322 e. The van der Waals surface area contributed by atoms with Crippen LogP contribution in [-0.4, -0.2) is 28.5 Å². The zero-order valence-electron chi connectivity index (χ0n) is 10.5. The first-order valence-electron chi connectivity index (χ1n) is 6.22. The van der Waals surface area contributed by atoms with Crippen molar-refractivity contribution in [1.82, 2.24) is 0 Å². The van der Waals surface area contributed by atoms with Gasteiger partial charge in [-0.2, -0.15) is 0 Å². The molecule has 1 aliphatic heterocycles. The van der Waals surface area contributed by atoms with Gasteiger partial charge in [0, 0.05) is 17.9 Å². The summed E-state index contributed by atoms with van der Waals surface area (Å²) < 4.78 is 4.78. The summed E-state index contributed by atoms with van der Waals surface area (Å²) in [5.41, 5.74) is 0. The first-order valence-corrected chi connectivity index (χ1v) is 7.04. The number of hydrogen-bond donors (Lipinski definition) is 1. The van der Waals surface area contributed by atoms with Crippen molar-refractivity contribution in [2.45, 2.75) is 41.9 Å². The van der Waals surface area contributed by atoms with Gasteiger partial charge in [0.25, 0.3) is 0 Å². The summed E-state index contributed by atoms with van der Waals surface area (Å²) in [6.07, 6.45) is 1.96. The van der Waals surface area contributed by atoms with Crippen LogP contribution in [0.3, 0.4) is 0 Å². The van der Waals surface area contributed by atoms with E-state index in [0.29, 0.717) is 19.3 Å². The van der Waals surface area contributed by atoms with Gasteiger partial charge in [0.2, 0.25) is 0 Å². The maximum absolute atomic E-state index is 12.1. The lowest BCUT2D eigenvalue weighted by Gasteiger charge is -2.23. The van der Waals surface area contributed by atoms with E-state index in [9.17, 15) is 4.79 Å². The lowest BCUT2D eigenvalue weighted by atomic mass is 9.99. The van der Waals surface area contributed by atoms with Crippen LogP contribution in [0.4, 0.5) is 0 Å². The molecule has 4 heteroatoms. The van der Waals surface area contributed by atoms with Gasteiger partial charge in [0.15, 0.2) is 0 Å². The van der Waals surface area contributed by atoms with E-state index in [2.05, 4.69) is 0 Å². The summed E-state index contributed by atoms with van der Waals surface area (Å²) in [6.45, 7) is 2.03. The molecule has 1 aromatic carbocycles. The zero-order valence-corrected chi connectivity index (χ0v) is 11.3. The van der Waals surface area contributed by atoms with Crippen LogP contribution in [0.2, 0.25) is 0 Å². The van der Waals surface area contributed by atoms with Crippen LogP contribution in [0.1, 0.15) is 26.2 Å². The maximum atomic E-state index is 12.1. The minimum absolute atomic E-state index is 0.0348. The van der Waals surface area contributed by atoms with E-state index in [0.717, 1.165) is 4.90 Å². The molecule has 1 saturated heterocycles. The molecule has 0 aliphatic carbocycles. The Labute approximate surface area is 112 Å². The van der Waals surface area contributed by atoms with Gasteiger partial charge in [-0.3, -0.25) is 4.79 Å². The van der Waals surface area contributed by atoms with Crippen LogP contribution in [0.25, 0.3) is 0 Å². The Morgan fingerprint density at radius 3 is 2.72 bits per heavy atom. The number of ether oxygens (including phenoxy) is 1. The molecule has 1 heterocycles. The van der Waals surface area contributed by atoms with Crippen molar-refractivity contribution in [2.24, 2.45) is 0 Å². The molecule has 0 amide bonds. The van der Waals surface area contributed by atoms with Crippen molar-refractivity contribution in [3.05, 3.63) is 30.3 Å². The van der Waals surface area contributed by atoms with E-state index >= 15 is 0 Å². The van der Waals surface area contributed by atoms with Crippen LogP contribution < -0.4 is 0 Å². The van der Waals surface area contributed by atoms with Gasteiger partial charge in [-0.25, -0.2) is 0 Å². The van der Waals surface area contributed by atoms with E-state index in [1.165, 1.54) is 0 Å². The van der Waals surface area contributed by atoms with Crippen LogP contribution in [0, 0.1) is 0 Å². The number of benzene rings is 1. The van der Waals surface area contributed by atoms with Crippen LogP contribution in [0.5, 0.6) is 0 Å². The Kier molecular flexibility index (Phi) is 4.30. The monoisotopic (exact) mass is 266 g/mol. The lowest BCUT2D eigenvalue weighted by molar-refractivity contribution is -0.142. The SMILES string of the molecule is C[C@H]1CC(CCCO)(Sc2ccccc2)C(=O)O1. The summed E-state index contributed by atoms with van der Waals surface area (Å²) in [5, 5.41) is 9.00. The molecule has 1 unspecified atom stereocenters. The highest BCUT2D eigenvalue weighted by molar-refractivity contribution is 8.01. The Balaban J connectivity index is 2.17. The molecule has 98 valence electrons. The largest absolute Gasteiger partial charge is 0.462 e. The number of carbonyl (C=O) groups is 1. The van der Waals surface area contributed by atoms with E-state index in [-0.39, 0.29) is 18.7 Å². The van der Waals surface area contributed by atoms with Crippen molar-refractivity contribution < 1.29 is 14.6 Å². The molecule has 0 bridgehead atoms. The molecule has 0 spiro atoms. The minimum Gasteiger partial charge on any atom is -0.462 e. The number of aliphatic hydroxyl groups excluding tert-OH is 1. The van der Waals surface area contributed by atoms with Gasteiger partial charge < -0.3 is 9.84 Å². The highest BCUT2D eigenvalue weighted by atomic mass is 32.2. The number of rotatable bonds is 5. The van der Waals surface area contributed by atoms with Crippen molar-refractivity contribution in [2.75, 3.05) is 6.61 Å². The standard InChI is InChI=1S/C14H18O3S/c1-11-10-14(8-5-9-15,13(16)17-11)18-12-6-3-2-4-7-12/h2-4,6-7,11,15H,5,8-10H2,1H3/t11-,14?/m0/s1. The van der Waals surface area contributed by atoms with Gasteiger partial charge in [-0.15, -0.1) is 11.8 Å². The second-order valence-electron chi connectivity index (χ2n) is 4.66. The quantitative estimate of drug-likeness (QED) is 0.832. The van der Waals surface area contributed by atoms with Crippen molar-refractivity contribution in [3.8, 4) is 0 Å². The molecule has 0 aromatic heterocycles. The van der Waals surface area contributed by atoms with Gasteiger partial charge in [-0.1, -0.05) is 18.2 Å². The predicted molar refractivity (Wildman–Crippen MR) is 71.5 cm³/mol. The molecule has 1 aromatic rings. The first-order chi connectivity index (χ1) is 8.66. The summed E-state index contributed by atoms with van der Waals surface area (Å²) in [6, 6.07) is 9.89. The third-order valence-electron chi connectivity index (χ3n) is 3.09. The summed E-state index contributed by atoms with van der Waals surface area (Å²) in [7, 11) is 0. The van der Waals surface area contributed by atoms with Crippen molar-refractivity contribution in [1.29, 1.82) is 0 Å². The van der Waals surface area contributed by atoms with E-state index in [1.54, 1.807) is 11.8 Å². The summed E-state index contributed by atoms with van der Waals surface area (Å²) in [4.78, 5) is 13.2. The Morgan fingerprint density at radius 2 is 2.17 bits per heavy atom. The number of esters is 1. The molecule has 3 nitrogen and oxygen atoms in total. The average molecular weight is 266 g/mol. The molecule has 2 rings (SSSR count). The molecule has 1 N–H and O–H groups in total. The number of hydrogen-bond acceptors (Lipinski definition) is 4. The lowest BCUT2D eigenvalue weighted by Crippen LogP contribution is -2.30. The zero-order chi connectivity index (χ0) is 13.0. The smallest absolute Gasteiger partial charge is 0.322 e. The van der Waals surface area contributed by atoms with Gasteiger partial charge in [-0.05, 0) is 31.9 Å². The fourth-order valence-electron chi connectivity index (χ4n) is 2.30. The minimum atomic E-state index is -0.524. The number of carbonyl (C=O) groups excluding carboxylic acids is 1. The van der Waals surface area contributed by atoms with E-state index in [1.807, 2.05) is 37.3 Å². The molecule has 0 saturated carbocycles. The molecular weight excluding hydrogens is 248 g/mol. The third-order valence-corrected chi connectivity index (χ3v) is 4.53. The van der Waals surface area contributed by atoms with Gasteiger partial charge in [0.1, 0.15) is 10.9 Å². The number of aliphatic hydroxyl groups is 1. The second kappa shape index (κ2) is 5.76. The normalized spacial score (nSPS) is 27.2. The molecule has 18 heavy (non-hydrogen) atoms. The second-order valence-corrected chi connectivity index (χ2v) is 6.11. The summed E-state index contributed by atoms with van der Waals surface area (Å²) in [5.74, 6) is -0.141. The topological polar surface area (TPSA) is 46.5 Å². The highest BCUT2D eigenvalue weighted by Crippen LogP contribution is 2.45. The average Bonchev–Trinajstić information content (AvgIpc) is 2.63. The predicted octanol–water partition coefficient (Wildman–Crippen LogP) is 2.63. The van der Waals surface area contributed by atoms with E-state index in [4.69, 9.17) is 9.84 Å². The number of cyclic esters (lactones) is 1. The Morgan fingerprint density at radius 1 is 1.44 bits per heavy atom. The first kappa shape index (κ1) is 13.4. The molecule has 2 atom stereocenters. The van der Waals surface area contributed by atoms with Gasteiger partial charge >= 0.3 is 5.97 Å². The fraction of sp³-hybridized carbons (Fsp3) is 0.500. The number of thioether (sulfide) groups is 1. The molecule has 1 aliphatic rings. The Bertz CT molecular complexity index is 407. The molecular formula is C14H18O3S. The third kappa shape index (κ3) is 2.87. The molecule has 1 fully saturated rings. The summed E-state index contributed by atoms with van der Waals surface area (Å²) >= 11 is 1.56. The fourth-order valence-corrected chi connectivity index (χ4v) is 3.74. The van der Waals surface area contributed by atoms with Gasteiger partial charge in [0.05, 0.1) is 0 Å².